The minimum atomic E-state index is 0.000495. The second kappa shape index (κ2) is 3.79. The second-order valence-corrected chi connectivity index (χ2v) is 6.92. The maximum absolute atomic E-state index is 11.6. The average Bonchev–Trinajstić information content (AvgIpc) is 2.88. The molecule has 1 amide bonds. The lowest BCUT2D eigenvalue weighted by Gasteiger charge is -2.11. The molecule has 92 valence electrons. The first kappa shape index (κ1) is 11.0. The number of rotatable bonds is 0. The minimum Gasteiger partial charge on any atom is -0.310 e. The van der Waals surface area contributed by atoms with Gasteiger partial charge in [0, 0.05) is 10.6 Å². The van der Waals surface area contributed by atoms with Crippen molar-refractivity contribution in [3.05, 3.63) is 15.2 Å². The van der Waals surface area contributed by atoms with Crippen LogP contribution in [0.15, 0.2) is 0 Å². The van der Waals surface area contributed by atoms with Gasteiger partial charge in [0.1, 0.15) is 17.2 Å². The Labute approximate surface area is 116 Å². The largest absolute Gasteiger partial charge is 0.310 e. The Hall–Kier alpha value is -0.920. The first-order chi connectivity index (χ1) is 8.74. The predicted molar refractivity (Wildman–Crippen MR) is 76.9 cm³/mol. The van der Waals surface area contributed by atoms with Gasteiger partial charge in [0.05, 0.1) is 5.39 Å². The van der Waals surface area contributed by atoms with E-state index in [4.69, 9.17) is 12.2 Å². The van der Waals surface area contributed by atoms with Crippen molar-refractivity contribution in [1.29, 1.82) is 0 Å². The van der Waals surface area contributed by atoms with Gasteiger partial charge in [-0.2, -0.15) is 11.8 Å². The molecule has 2 aliphatic heterocycles. The predicted octanol–water partition coefficient (Wildman–Crippen LogP) is 2.57. The number of thiophene rings is 1. The molecule has 2 aromatic heterocycles. The number of aryl methyl sites for hydroxylation is 1. The number of anilines is 1. The summed E-state index contributed by atoms with van der Waals surface area (Å²) in [5.41, 5.74) is 1.36. The highest BCUT2D eigenvalue weighted by atomic mass is 32.2. The van der Waals surface area contributed by atoms with E-state index in [0.29, 0.717) is 11.3 Å². The summed E-state index contributed by atoms with van der Waals surface area (Å²) in [6, 6.07) is 0. The molecule has 0 bridgehead atoms. The number of hydrogen-bond acceptors (Lipinski definition) is 5. The molecule has 4 nitrogen and oxygen atoms in total. The number of hydrogen-bond donors (Lipinski definition) is 1. The number of thioether (sulfide) groups is 1. The average molecular weight is 295 g/mol. The molecule has 0 saturated carbocycles. The van der Waals surface area contributed by atoms with Crippen molar-refractivity contribution in [2.45, 2.75) is 18.7 Å². The molecular weight excluding hydrogens is 286 g/mol. The van der Waals surface area contributed by atoms with E-state index in [1.807, 2.05) is 16.3 Å². The SMILES string of the molecule is O=C1Cn2c(c3c4c(sc3nc2=S)CSCC4)N1. The van der Waals surface area contributed by atoms with Crippen molar-refractivity contribution in [2.75, 3.05) is 11.1 Å². The van der Waals surface area contributed by atoms with Gasteiger partial charge in [-0.1, -0.05) is 0 Å². The topological polar surface area (TPSA) is 46.9 Å². The van der Waals surface area contributed by atoms with Crippen LogP contribution in [0.25, 0.3) is 10.2 Å². The molecule has 0 saturated heterocycles. The zero-order valence-electron chi connectivity index (χ0n) is 9.36. The Bertz CT molecular complexity index is 746. The van der Waals surface area contributed by atoms with Crippen LogP contribution in [0.4, 0.5) is 5.82 Å². The summed E-state index contributed by atoms with van der Waals surface area (Å²) in [5.74, 6) is 3.05. The van der Waals surface area contributed by atoms with E-state index < -0.39 is 0 Å². The Morgan fingerprint density at radius 2 is 2.33 bits per heavy atom. The van der Waals surface area contributed by atoms with Crippen LogP contribution in [-0.4, -0.2) is 21.2 Å². The molecule has 4 rings (SSSR count). The second-order valence-electron chi connectivity index (χ2n) is 4.36. The molecule has 2 aliphatic rings. The van der Waals surface area contributed by atoms with E-state index in [1.165, 1.54) is 10.4 Å². The van der Waals surface area contributed by atoms with E-state index in [9.17, 15) is 4.79 Å². The van der Waals surface area contributed by atoms with Gasteiger partial charge in [-0.25, -0.2) is 4.98 Å². The number of carbonyl (C=O) groups excluding carboxylic acids is 1. The highest BCUT2D eigenvalue weighted by molar-refractivity contribution is 7.98. The Balaban J connectivity index is 2.13. The maximum Gasteiger partial charge on any atom is 0.245 e. The summed E-state index contributed by atoms with van der Waals surface area (Å²) < 4.78 is 2.32. The van der Waals surface area contributed by atoms with Gasteiger partial charge in [-0.15, -0.1) is 11.3 Å². The van der Waals surface area contributed by atoms with Gasteiger partial charge in [-0.05, 0) is 30.0 Å². The van der Waals surface area contributed by atoms with Crippen LogP contribution in [-0.2, 0) is 23.5 Å². The molecule has 0 aliphatic carbocycles. The van der Waals surface area contributed by atoms with E-state index in [-0.39, 0.29) is 5.91 Å². The monoisotopic (exact) mass is 295 g/mol. The Kier molecular flexibility index (Phi) is 2.30. The highest BCUT2D eigenvalue weighted by Gasteiger charge is 2.26. The fourth-order valence-corrected chi connectivity index (χ4v) is 5.17. The number of carbonyl (C=O) groups is 1. The maximum atomic E-state index is 11.6. The standard InChI is InChI=1S/C11H9N3OS3/c15-7-3-14-9(12-7)8-5-1-2-17-4-6(5)18-10(8)13-11(14)16/h1-4H2,(H,12,15). The van der Waals surface area contributed by atoms with Crippen LogP contribution in [0, 0.1) is 4.77 Å². The Morgan fingerprint density at radius 1 is 1.44 bits per heavy atom. The van der Waals surface area contributed by atoms with Crippen LogP contribution in [0.5, 0.6) is 0 Å². The summed E-state index contributed by atoms with van der Waals surface area (Å²) in [7, 11) is 0. The van der Waals surface area contributed by atoms with E-state index in [0.717, 1.165) is 34.0 Å². The number of amides is 1. The van der Waals surface area contributed by atoms with Crippen LogP contribution in [0.1, 0.15) is 10.4 Å². The van der Waals surface area contributed by atoms with Gasteiger partial charge in [0.2, 0.25) is 10.7 Å². The molecule has 0 unspecified atom stereocenters. The van der Waals surface area contributed by atoms with E-state index in [1.54, 1.807) is 11.3 Å². The van der Waals surface area contributed by atoms with Crippen LogP contribution in [0.2, 0.25) is 0 Å². The molecule has 0 radical (unpaired) electrons. The molecule has 0 atom stereocenters. The normalized spacial score (nSPS) is 17.7. The van der Waals surface area contributed by atoms with Crippen LogP contribution in [0.3, 0.4) is 0 Å². The number of fused-ring (bicyclic) bond motifs is 5. The Morgan fingerprint density at radius 3 is 3.22 bits per heavy atom. The first-order valence-corrected chi connectivity index (χ1v) is 8.04. The molecule has 0 aromatic carbocycles. The molecule has 1 N–H and O–H groups in total. The van der Waals surface area contributed by atoms with Gasteiger partial charge in [0.15, 0.2) is 0 Å². The smallest absolute Gasteiger partial charge is 0.245 e. The van der Waals surface area contributed by atoms with Crippen molar-refractivity contribution in [3.63, 3.8) is 0 Å². The third-order valence-corrected chi connectivity index (χ3v) is 5.90. The highest BCUT2D eigenvalue weighted by Crippen LogP contribution is 2.41. The summed E-state index contributed by atoms with van der Waals surface area (Å²) in [5, 5.41) is 4.05. The van der Waals surface area contributed by atoms with Crippen molar-refractivity contribution in [2.24, 2.45) is 0 Å². The van der Waals surface area contributed by atoms with Crippen molar-refractivity contribution >= 4 is 57.3 Å². The quantitative estimate of drug-likeness (QED) is 0.759. The van der Waals surface area contributed by atoms with Crippen molar-refractivity contribution < 1.29 is 4.79 Å². The lowest BCUT2D eigenvalue weighted by Crippen LogP contribution is -2.05. The van der Waals surface area contributed by atoms with E-state index in [2.05, 4.69) is 10.3 Å². The summed E-state index contributed by atoms with van der Waals surface area (Å²) >= 11 is 8.93. The molecule has 0 fully saturated rings. The van der Waals surface area contributed by atoms with E-state index >= 15 is 0 Å². The van der Waals surface area contributed by atoms with Gasteiger partial charge in [0.25, 0.3) is 0 Å². The van der Waals surface area contributed by atoms with Crippen molar-refractivity contribution in [1.82, 2.24) is 9.55 Å². The molecule has 0 spiro atoms. The minimum absolute atomic E-state index is 0.000495. The van der Waals surface area contributed by atoms with Crippen LogP contribution >= 0.6 is 35.3 Å². The summed E-state index contributed by atoms with van der Waals surface area (Å²) in [6.45, 7) is 0.302. The van der Waals surface area contributed by atoms with Crippen LogP contribution < -0.4 is 5.32 Å². The van der Waals surface area contributed by atoms with Gasteiger partial charge < -0.3 is 5.32 Å². The summed E-state index contributed by atoms with van der Waals surface area (Å²) in [4.78, 5) is 18.4. The first-order valence-electron chi connectivity index (χ1n) is 5.67. The van der Waals surface area contributed by atoms with Crippen molar-refractivity contribution in [3.8, 4) is 0 Å². The summed E-state index contributed by atoms with van der Waals surface area (Å²) in [6.07, 6.45) is 1.06. The third kappa shape index (κ3) is 1.41. The fraction of sp³-hybridized carbons (Fsp3) is 0.364. The number of aromatic nitrogens is 2. The molecule has 18 heavy (non-hydrogen) atoms. The number of nitrogens with one attached hydrogen (secondary N) is 1. The lowest BCUT2D eigenvalue weighted by atomic mass is 10.1. The zero-order chi connectivity index (χ0) is 12.3. The van der Waals surface area contributed by atoms with Gasteiger partial charge in [-0.3, -0.25) is 9.36 Å². The molecule has 2 aromatic rings. The molecular formula is C11H9N3OS3. The zero-order valence-corrected chi connectivity index (χ0v) is 11.8. The third-order valence-electron chi connectivity index (χ3n) is 3.30. The lowest BCUT2D eigenvalue weighted by molar-refractivity contribution is -0.115. The fourth-order valence-electron chi connectivity index (χ4n) is 2.51. The number of nitrogens with zero attached hydrogens (tertiary/aromatic N) is 2. The molecule has 4 heterocycles. The molecule has 7 heteroatoms. The van der Waals surface area contributed by atoms with Gasteiger partial charge >= 0.3 is 0 Å².